The van der Waals surface area contributed by atoms with Crippen molar-refractivity contribution in [3.8, 4) is 0 Å². The third-order valence-corrected chi connectivity index (χ3v) is 2.32. The van der Waals surface area contributed by atoms with Gasteiger partial charge in [-0.2, -0.15) is 0 Å². The number of hydrogen-bond donors (Lipinski definition) is 2. The first-order chi connectivity index (χ1) is 7.54. The van der Waals surface area contributed by atoms with E-state index < -0.39 is 0 Å². The zero-order valence-corrected chi connectivity index (χ0v) is 10.2. The lowest BCUT2D eigenvalue weighted by molar-refractivity contribution is -0.116. The Balaban J connectivity index is 2.92. The van der Waals surface area contributed by atoms with E-state index in [-0.39, 0.29) is 5.91 Å². The summed E-state index contributed by atoms with van der Waals surface area (Å²) in [4.78, 5) is 13.4. The van der Waals surface area contributed by atoms with Crippen LogP contribution in [-0.2, 0) is 4.79 Å². The van der Waals surface area contributed by atoms with Crippen LogP contribution in [0.15, 0.2) is 18.2 Å². The molecule has 4 nitrogen and oxygen atoms in total. The van der Waals surface area contributed by atoms with E-state index in [2.05, 4.69) is 5.32 Å². The zero-order chi connectivity index (χ0) is 12.1. The summed E-state index contributed by atoms with van der Waals surface area (Å²) in [6.45, 7) is 0.337. The summed E-state index contributed by atoms with van der Waals surface area (Å²) < 4.78 is 0. The van der Waals surface area contributed by atoms with Crippen LogP contribution in [-0.4, -0.2) is 26.5 Å². The minimum atomic E-state index is -0.104. The smallest absolute Gasteiger partial charge is 0.225 e. The minimum absolute atomic E-state index is 0.104. The standard InChI is InChI=1S/C11H16ClN3O/c1-15(2)10-4-3-8(12)7-9(10)14-11(16)5-6-13/h3-4,7H,5-6,13H2,1-2H3,(H,14,16). The molecule has 88 valence electrons. The SMILES string of the molecule is CN(C)c1ccc(Cl)cc1NC(=O)CCN. The van der Waals surface area contributed by atoms with Crippen LogP contribution in [0.3, 0.4) is 0 Å². The van der Waals surface area contributed by atoms with Crippen LogP contribution in [0.4, 0.5) is 11.4 Å². The Morgan fingerprint density at radius 2 is 2.19 bits per heavy atom. The number of nitrogens with zero attached hydrogens (tertiary/aromatic N) is 1. The van der Waals surface area contributed by atoms with Crippen molar-refractivity contribution in [3.63, 3.8) is 0 Å². The molecule has 0 aliphatic rings. The first-order valence-electron chi connectivity index (χ1n) is 5.01. The summed E-state index contributed by atoms with van der Waals surface area (Å²) in [5.74, 6) is -0.104. The van der Waals surface area contributed by atoms with Crippen molar-refractivity contribution in [1.29, 1.82) is 0 Å². The molecule has 1 amide bonds. The van der Waals surface area contributed by atoms with Gasteiger partial charge in [-0.15, -0.1) is 0 Å². The highest BCUT2D eigenvalue weighted by molar-refractivity contribution is 6.31. The van der Waals surface area contributed by atoms with Crippen LogP contribution in [0, 0.1) is 0 Å². The van der Waals surface area contributed by atoms with Gasteiger partial charge in [-0.05, 0) is 18.2 Å². The number of nitrogens with two attached hydrogens (primary N) is 1. The average molecular weight is 242 g/mol. The Hall–Kier alpha value is -1.26. The summed E-state index contributed by atoms with van der Waals surface area (Å²) in [7, 11) is 3.81. The molecular weight excluding hydrogens is 226 g/mol. The molecule has 0 aliphatic heterocycles. The Morgan fingerprint density at radius 3 is 2.75 bits per heavy atom. The lowest BCUT2D eigenvalue weighted by Gasteiger charge is -2.18. The van der Waals surface area contributed by atoms with Crippen molar-refractivity contribution >= 4 is 28.9 Å². The lowest BCUT2D eigenvalue weighted by Crippen LogP contribution is -2.19. The number of benzene rings is 1. The molecule has 1 rings (SSSR count). The molecule has 0 aromatic heterocycles. The summed E-state index contributed by atoms with van der Waals surface area (Å²) >= 11 is 5.89. The highest BCUT2D eigenvalue weighted by atomic mass is 35.5. The normalized spacial score (nSPS) is 10.0. The van der Waals surface area contributed by atoms with Crippen molar-refractivity contribution in [2.45, 2.75) is 6.42 Å². The molecule has 3 N–H and O–H groups in total. The highest BCUT2D eigenvalue weighted by Gasteiger charge is 2.08. The van der Waals surface area contributed by atoms with Crippen LogP contribution in [0.2, 0.25) is 5.02 Å². The molecule has 0 saturated heterocycles. The Kier molecular flexibility index (Phi) is 4.58. The number of anilines is 2. The number of hydrogen-bond acceptors (Lipinski definition) is 3. The van der Waals surface area contributed by atoms with E-state index in [0.29, 0.717) is 23.7 Å². The van der Waals surface area contributed by atoms with Gasteiger partial charge in [0.25, 0.3) is 0 Å². The average Bonchev–Trinajstić information content (AvgIpc) is 2.17. The van der Waals surface area contributed by atoms with Gasteiger partial charge in [-0.25, -0.2) is 0 Å². The topological polar surface area (TPSA) is 58.4 Å². The van der Waals surface area contributed by atoms with Crippen LogP contribution in [0.1, 0.15) is 6.42 Å². The molecule has 0 bridgehead atoms. The van der Waals surface area contributed by atoms with E-state index in [1.807, 2.05) is 25.1 Å². The molecule has 0 unspecified atom stereocenters. The highest BCUT2D eigenvalue weighted by Crippen LogP contribution is 2.27. The minimum Gasteiger partial charge on any atom is -0.376 e. The molecular formula is C11H16ClN3O. The molecule has 1 aromatic carbocycles. The van der Waals surface area contributed by atoms with Crippen molar-refractivity contribution < 1.29 is 4.79 Å². The molecule has 0 heterocycles. The van der Waals surface area contributed by atoms with E-state index in [1.54, 1.807) is 12.1 Å². The van der Waals surface area contributed by atoms with Crippen molar-refractivity contribution in [1.82, 2.24) is 0 Å². The van der Waals surface area contributed by atoms with Gasteiger partial charge in [0, 0.05) is 32.1 Å². The number of amides is 1. The molecule has 0 aliphatic carbocycles. The fraction of sp³-hybridized carbons (Fsp3) is 0.364. The number of nitrogens with one attached hydrogen (secondary N) is 1. The molecule has 16 heavy (non-hydrogen) atoms. The van der Waals surface area contributed by atoms with Crippen LogP contribution in [0.5, 0.6) is 0 Å². The monoisotopic (exact) mass is 241 g/mol. The second-order valence-electron chi connectivity index (χ2n) is 3.64. The second kappa shape index (κ2) is 5.72. The molecule has 0 spiro atoms. The van der Waals surface area contributed by atoms with E-state index in [0.717, 1.165) is 5.69 Å². The van der Waals surface area contributed by atoms with E-state index >= 15 is 0 Å². The third-order valence-electron chi connectivity index (χ3n) is 2.09. The van der Waals surface area contributed by atoms with Gasteiger partial charge < -0.3 is 16.0 Å². The maximum absolute atomic E-state index is 11.4. The van der Waals surface area contributed by atoms with E-state index in [1.165, 1.54) is 0 Å². The van der Waals surface area contributed by atoms with Gasteiger partial charge in [0.2, 0.25) is 5.91 Å². The Bertz CT molecular complexity index is 379. The number of carbonyl (C=O) groups is 1. The maximum Gasteiger partial charge on any atom is 0.225 e. The largest absolute Gasteiger partial charge is 0.376 e. The van der Waals surface area contributed by atoms with Gasteiger partial charge in [0.1, 0.15) is 0 Å². The molecule has 1 aromatic rings. The molecule has 5 heteroatoms. The molecule has 0 atom stereocenters. The first-order valence-corrected chi connectivity index (χ1v) is 5.39. The predicted molar refractivity (Wildman–Crippen MR) is 68.1 cm³/mol. The summed E-state index contributed by atoms with van der Waals surface area (Å²) in [5, 5.41) is 3.38. The Labute approximate surface area is 100 Å². The fourth-order valence-electron chi connectivity index (χ4n) is 1.34. The van der Waals surface area contributed by atoms with Crippen LogP contribution < -0.4 is 16.0 Å². The van der Waals surface area contributed by atoms with Gasteiger partial charge in [0.05, 0.1) is 11.4 Å². The third kappa shape index (κ3) is 3.40. The van der Waals surface area contributed by atoms with Crippen LogP contribution >= 0.6 is 11.6 Å². The number of carbonyl (C=O) groups excluding carboxylic acids is 1. The lowest BCUT2D eigenvalue weighted by atomic mass is 10.2. The maximum atomic E-state index is 11.4. The van der Waals surface area contributed by atoms with Gasteiger partial charge in [-0.3, -0.25) is 4.79 Å². The van der Waals surface area contributed by atoms with Gasteiger partial charge >= 0.3 is 0 Å². The van der Waals surface area contributed by atoms with Crippen LogP contribution in [0.25, 0.3) is 0 Å². The number of rotatable bonds is 4. The summed E-state index contributed by atoms with van der Waals surface area (Å²) in [6.07, 6.45) is 0.305. The summed E-state index contributed by atoms with van der Waals surface area (Å²) in [5.41, 5.74) is 6.93. The Morgan fingerprint density at radius 1 is 1.50 bits per heavy atom. The van der Waals surface area contributed by atoms with Gasteiger partial charge in [0.15, 0.2) is 0 Å². The molecule has 0 saturated carbocycles. The second-order valence-corrected chi connectivity index (χ2v) is 4.08. The molecule has 0 radical (unpaired) electrons. The zero-order valence-electron chi connectivity index (χ0n) is 9.46. The quantitative estimate of drug-likeness (QED) is 0.844. The summed E-state index contributed by atoms with van der Waals surface area (Å²) in [6, 6.07) is 5.38. The predicted octanol–water partition coefficient (Wildman–Crippen LogP) is 1.69. The van der Waals surface area contributed by atoms with E-state index in [4.69, 9.17) is 17.3 Å². The first kappa shape index (κ1) is 12.8. The number of halogens is 1. The molecule has 0 fully saturated rings. The van der Waals surface area contributed by atoms with Crippen molar-refractivity contribution in [2.24, 2.45) is 5.73 Å². The van der Waals surface area contributed by atoms with Crippen molar-refractivity contribution in [3.05, 3.63) is 23.2 Å². The van der Waals surface area contributed by atoms with Gasteiger partial charge in [-0.1, -0.05) is 11.6 Å². The van der Waals surface area contributed by atoms with Crippen molar-refractivity contribution in [2.75, 3.05) is 30.9 Å². The fourth-order valence-corrected chi connectivity index (χ4v) is 1.51. The van der Waals surface area contributed by atoms with E-state index in [9.17, 15) is 4.79 Å².